The number of carbonyl (C=O) groups is 1. The number of amides is 1. The molecule has 0 spiro atoms. The van der Waals surface area contributed by atoms with Crippen molar-refractivity contribution in [2.75, 3.05) is 20.1 Å². The molecular formula is C14H29N3O. The van der Waals surface area contributed by atoms with Crippen molar-refractivity contribution >= 4 is 5.91 Å². The van der Waals surface area contributed by atoms with Gasteiger partial charge in [-0.3, -0.25) is 9.69 Å². The second kappa shape index (κ2) is 7.74. The minimum atomic E-state index is 0.177. The quantitative estimate of drug-likeness (QED) is 0.612. The molecule has 4 heteroatoms. The summed E-state index contributed by atoms with van der Waals surface area (Å²) in [5.41, 5.74) is 0. The normalized spacial score (nSPS) is 17.2. The second-order valence-corrected chi connectivity index (χ2v) is 5.76. The van der Waals surface area contributed by atoms with Crippen LogP contribution in [0.1, 0.15) is 46.5 Å². The fraction of sp³-hybridized carbons (Fsp3) is 0.929. The van der Waals surface area contributed by atoms with Crippen LogP contribution in [0.15, 0.2) is 0 Å². The Bertz CT molecular complexity index is 251. The Labute approximate surface area is 111 Å². The Balaban J connectivity index is 2.01. The summed E-state index contributed by atoms with van der Waals surface area (Å²) >= 11 is 0. The van der Waals surface area contributed by atoms with Crippen LogP contribution in [-0.2, 0) is 4.79 Å². The highest BCUT2D eigenvalue weighted by atomic mass is 16.1. The molecular weight excluding hydrogens is 226 g/mol. The van der Waals surface area contributed by atoms with E-state index in [4.69, 9.17) is 0 Å². The fourth-order valence-corrected chi connectivity index (χ4v) is 1.98. The van der Waals surface area contributed by atoms with Crippen LogP contribution in [0.4, 0.5) is 0 Å². The lowest BCUT2D eigenvalue weighted by Crippen LogP contribution is -2.41. The molecule has 1 atom stereocenters. The van der Waals surface area contributed by atoms with Gasteiger partial charge in [-0.2, -0.15) is 0 Å². The highest BCUT2D eigenvalue weighted by molar-refractivity contribution is 5.75. The third-order valence-corrected chi connectivity index (χ3v) is 3.55. The predicted molar refractivity (Wildman–Crippen MR) is 75.6 cm³/mol. The van der Waals surface area contributed by atoms with Gasteiger partial charge in [-0.05, 0) is 39.8 Å². The van der Waals surface area contributed by atoms with Gasteiger partial charge < -0.3 is 10.6 Å². The predicted octanol–water partition coefficient (Wildman–Crippen LogP) is 1.36. The number of nitrogens with zero attached hydrogens (tertiary/aromatic N) is 1. The maximum Gasteiger partial charge on any atom is 0.220 e. The summed E-state index contributed by atoms with van der Waals surface area (Å²) in [5, 5.41) is 6.34. The monoisotopic (exact) mass is 255 g/mol. The van der Waals surface area contributed by atoms with Crippen molar-refractivity contribution in [2.24, 2.45) is 0 Å². The first-order valence-electron chi connectivity index (χ1n) is 7.22. The van der Waals surface area contributed by atoms with Crippen molar-refractivity contribution in [2.45, 2.75) is 64.6 Å². The molecule has 1 aliphatic rings. The van der Waals surface area contributed by atoms with Gasteiger partial charge in [0, 0.05) is 31.1 Å². The van der Waals surface area contributed by atoms with Crippen LogP contribution in [0.2, 0.25) is 0 Å². The van der Waals surface area contributed by atoms with E-state index >= 15 is 0 Å². The largest absolute Gasteiger partial charge is 0.355 e. The molecule has 106 valence electrons. The lowest BCUT2D eigenvalue weighted by Gasteiger charge is -2.24. The van der Waals surface area contributed by atoms with E-state index < -0.39 is 0 Å². The number of carbonyl (C=O) groups excluding carboxylic acids is 1. The zero-order valence-corrected chi connectivity index (χ0v) is 12.3. The first-order valence-corrected chi connectivity index (χ1v) is 7.22. The van der Waals surface area contributed by atoms with Gasteiger partial charge in [0.05, 0.1) is 0 Å². The Kier molecular flexibility index (Phi) is 6.65. The highest BCUT2D eigenvalue weighted by Gasteiger charge is 2.28. The van der Waals surface area contributed by atoms with Crippen LogP contribution in [0.3, 0.4) is 0 Å². The van der Waals surface area contributed by atoms with Gasteiger partial charge in [0.15, 0.2) is 0 Å². The number of nitrogens with one attached hydrogen (secondary N) is 2. The zero-order chi connectivity index (χ0) is 13.5. The van der Waals surface area contributed by atoms with E-state index in [1.807, 2.05) is 0 Å². The number of hydrogen-bond acceptors (Lipinski definition) is 3. The molecule has 1 saturated carbocycles. The molecule has 1 aliphatic carbocycles. The van der Waals surface area contributed by atoms with E-state index in [-0.39, 0.29) is 5.91 Å². The molecule has 0 aliphatic heterocycles. The van der Waals surface area contributed by atoms with Crippen LogP contribution in [0.25, 0.3) is 0 Å². The summed E-state index contributed by atoms with van der Waals surface area (Å²) in [6.45, 7) is 8.11. The smallest absolute Gasteiger partial charge is 0.220 e. The van der Waals surface area contributed by atoms with E-state index in [0.717, 1.165) is 25.6 Å². The van der Waals surface area contributed by atoms with Crippen LogP contribution >= 0.6 is 0 Å². The average molecular weight is 255 g/mol. The third-order valence-electron chi connectivity index (χ3n) is 3.55. The van der Waals surface area contributed by atoms with Gasteiger partial charge in [0.2, 0.25) is 5.91 Å². The highest BCUT2D eigenvalue weighted by Crippen LogP contribution is 2.26. The molecule has 18 heavy (non-hydrogen) atoms. The maximum absolute atomic E-state index is 11.6. The second-order valence-electron chi connectivity index (χ2n) is 5.76. The summed E-state index contributed by atoms with van der Waals surface area (Å²) in [4.78, 5) is 14.0. The Morgan fingerprint density at radius 3 is 2.56 bits per heavy atom. The van der Waals surface area contributed by atoms with Gasteiger partial charge in [0.1, 0.15) is 0 Å². The molecule has 0 saturated heterocycles. The van der Waals surface area contributed by atoms with Gasteiger partial charge in [-0.25, -0.2) is 0 Å². The van der Waals surface area contributed by atoms with E-state index in [1.54, 1.807) is 0 Å². The molecule has 4 nitrogen and oxygen atoms in total. The first-order chi connectivity index (χ1) is 8.50. The molecule has 0 aromatic heterocycles. The topological polar surface area (TPSA) is 44.4 Å². The Morgan fingerprint density at radius 1 is 1.33 bits per heavy atom. The van der Waals surface area contributed by atoms with Gasteiger partial charge in [0.25, 0.3) is 0 Å². The molecule has 0 radical (unpaired) electrons. The van der Waals surface area contributed by atoms with Gasteiger partial charge in [-0.15, -0.1) is 0 Å². The first kappa shape index (κ1) is 15.4. The van der Waals surface area contributed by atoms with E-state index in [0.29, 0.717) is 18.5 Å². The number of likely N-dealkylation sites (N-methyl/N-ethyl adjacent to an activating group) is 1. The lowest BCUT2D eigenvalue weighted by atomic mass is 10.2. The number of hydrogen-bond donors (Lipinski definition) is 2. The minimum absolute atomic E-state index is 0.177. The SMILES string of the molecule is CC(C)NCCCC(=O)NCC(C)N(C)C1CC1. The molecule has 0 aromatic rings. The third kappa shape index (κ3) is 6.36. The van der Waals surface area contributed by atoms with Crippen LogP contribution in [-0.4, -0.2) is 49.1 Å². The van der Waals surface area contributed by atoms with E-state index in [2.05, 4.69) is 43.4 Å². The van der Waals surface area contributed by atoms with Crippen molar-refractivity contribution in [3.8, 4) is 0 Å². The summed E-state index contributed by atoms with van der Waals surface area (Å²) in [7, 11) is 2.15. The number of rotatable bonds is 9. The summed E-state index contributed by atoms with van der Waals surface area (Å²) in [6, 6.07) is 1.70. The summed E-state index contributed by atoms with van der Waals surface area (Å²) < 4.78 is 0. The molecule has 1 fully saturated rings. The van der Waals surface area contributed by atoms with Gasteiger partial charge in [-0.1, -0.05) is 13.8 Å². The Morgan fingerprint density at radius 2 is 2.00 bits per heavy atom. The molecule has 1 rings (SSSR count). The summed E-state index contributed by atoms with van der Waals surface area (Å²) in [5.74, 6) is 0.177. The molecule has 0 bridgehead atoms. The minimum Gasteiger partial charge on any atom is -0.355 e. The average Bonchev–Trinajstić information content (AvgIpc) is 3.14. The van der Waals surface area contributed by atoms with Crippen LogP contribution in [0.5, 0.6) is 0 Å². The lowest BCUT2D eigenvalue weighted by molar-refractivity contribution is -0.121. The van der Waals surface area contributed by atoms with Crippen molar-refractivity contribution in [1.29, 1.82) is 0 Å². The molecule has 0 heterocycles. The summed E-state index contributed by atoms with van der Waals surface area (Å²) in [6.07, 6.45) is 4.17. The van der Waals surface area contributed by atoms with Crippen molar-refractivity contribution in [3.63, 3.8) is 0 Å². The molecule has 1 amide bonds. The fourth-order valence-electron chi connectivity index (χ4n) is 1.98. The zero-order valence-electron chi connectivity index (χ0n) is 12.3. The molecule has 1 unspecified atom stereocenters. The van der Waals surface area contributed by atoms with Crippen molar-refractivity contribution in [1.82, 2.24) is 15.5 Å². The van der Waals surface area contributed by atoms with Crippen molar-refractivity contribution < 1.29 is 4.79 Å². The molecule has 0 aromatic carbocycles. The van der Waals surface area contributed by atoms with E-state index in [1.165, 1.54) is 12.8 Å². The molecule has 2 N–H and O–H groups in total. The van der Waals surface area contributed by atoms with E-state index in [9.17, 15) is 4.79 Å². The van der Waals surface area contributed by atoms with Crippen molar-refractivity contribution in [3.05, 3.63) is 0 Å². The van der Waals surface area contributed by atoms with Gasteiger partial charge >= 0.3 is 0 Å². The standard InChI is InChI=1S/C14H29N3O/c1-11(2)15-9-5-6-14(18)16-10-12(3)17(4)13-7-8-13/h11-13,15H,5-10H2,1-4H3,(H,16,18). The Hall–Kier alpha value is -0.610. The van der Waals surface area contributed by atoms with Crippen LogP contribution < -0.4 is 10.6 Å². The van der Waals surface area contributed by atoms with Crippen LogP contribution in [0, 0.1) is 0 Å². The maximum atomic E-state index is 11.6.